The van der Waals surface area contributed by atoms with Gasteiger partial charge in [-0.05, 0) is 49.9 Å². The van der Waals surface area contributed by atoms with Crippen LogP contribution in [0.4, 0.5) is 0 Å². The molecule has 0 spiro atoms. The lowest BCUT2D eigenvalue weighted by atomic mass is 10.1. The van der Waals surface area contributed by atoms with E-state index in [0.717, 1.165) is 17.7 Å². The van der Waals surface area contributed by atoms with Gasteiger partial charge in [-0.25, -0.2) is 0 Å². The molecule has 0 saturated carbocycles. The number of nitrogens with one attached hydrogen (secondary N) is 1. The van der Waals surface area contributed by atoms with E-state index in [0.29, 0.717) is 17.5 Å². The van der Waals surface area contributed by atoms with Gasteiger partial charge in [0.25, 0.3) is 0 Å². The Bertz CT molecular complexity index is 411. The first-order valence-electron chi connectivity index (χ1n) is 6.83. The predicted molar refractivity (Wildman–Crippen MR) is 85.3 cm³/mol. The van der Waals surface area contributed by atoms with Gasteiger partial charge >= 0.3 is 0 Å². The Kier molecular flexibility index (Phi) is 8.04. The van der Waals surface area contributed by atoms with Crippen molar-refractivity contribution in [3.05, 3.63) is 29.3 Å². The van der Waals surface area contributed by atoms with Crippen LogP contribution >= 0.6 is 23.4 Å². The molecule has 1 rings (SSSR count). The maximum atomic E-state index is 11.9. The summed E-state index contributed by atoms with van der Waals surface area (Å²) in [4.78, 5) is 13.0. The SMILES string of the molecule is CC(CO)CCCNC(=O)C(C)Sc1ccc(Cl)cc1. The van der Waals surface area contributed by atoms with Crippen LogP contribution in [0.2, 0.25) is 5.02 Å². The largest absolute Gasteiger partial charge is 0.396 e. The van der Waals surface area contributed by atoms with Crippen LogP contribution in [0.3, 0.4) is 0 Å². The van der Waals surface area contributed by atoms with Crippen LogP contribution in [0.5, 0.6) is 0 Å². The van der Waals surface area contributed by atoms with E-state index in [2.05, 4.69) is 5.32 Å². The van der Waals surface area contributed by atoms with Crippen molar-refractivity contribution in [2.24, 2.45) is 5.92 Å². The molecule has 0 bridgehead atoms. The van der Waals surface area contributed by atoms with Crippen molar-refractivity contribution in [2.75, 3.05) is 13.2 Å². The topological polar surface area (TPSA) is 49.3 Å². The summed E-state index contributed by atoms with van der Waals surface area (Å²) in [5.74, 6) is 0.342. The van der Waals surface area contributed by atoms with Crippen LogP contribution in [-0.4, -0.2) is 29.4 Å². The summed E-state index contributed by atoms with van der Waals surface area (Å²) in [6.45, 7) is 4.76. The number of aliphatic hydroxyl groups excluding tert-OH is 1. The lowest BCUT2D eigenvalue weighted by Crippen LogP contribution is -2.31. The zero-order chi connectivity index (χ0) is 15.0. The first-order chi connectivity index (χ1) is 9.52. The molecule has 0 radical (unpaired) electrons. The Balaban J connectivity index is 2.27. The molecule has 0 aromatic heterocycles. The lowest BCUT2D eigenvalue weighted by Gasteiger charge is -2.13. The molecule has 0 heterocycles. The number of aliphatic hydroxyl groups is 1. The molecule has 2 atom stereocenters. The zero-order valence-corrected chi connectivity index (χ0v) is 13.5. The zero-order valence-electron chi connectivity index (χ0n) is 11.9. The van der Waals surface area contributed by atoms with E-state index < -0.39 is 0 Å². The third kappa shape index (κ3) is 6.64. The summed E-state index contributed by atoms with van der Waals surface area (Å²) in [5.41, 5.74) is 0. The summed E-state index contributed by atoms with van der Waals surface area (Å²) in [7, 11) is 0. The molecular weight excluding hydrogens is 294 g/mol. The van der Waals surface area contributed by atoms with Gasteiger partial charge in [0.2, 0.25) is 5.91 Å². The quantitative estimate of drug-likeness (QED) is 0.571. The third-order valence-electron chi connectivity index (χ3n) is 2.98. The molecule has 2 unspecified atom stereocenters. The third-order valence-corrected chi connectivity index (χ3v) is 4.34. The van der Waals surface area contributed by atoms with Crippen molar-refractivity contribution in [1.29, 1.82) is 0 Å². The van der Waals surface area contributed by atoms with E-state index >= 15 is 0 Å². The fraction of sp³-hybridized carbons (Fsp3) is 0.533. The van der Waals surface area contributed by atoms with Crippen LogP contribution in [-0.2, 0) is 4.79 Å². The minimum atomic E-state index is -0.133. The summed E-state index contributed by atoms with van der Waals surface area (Å²) < 4.78 is 0. The molecule has 2 N–H and O–H groups in total. The molecule has 0 aliphatic carbocycles. The molecule has 0 fully saturated rings. The minimum Gasteiger partial charge on any atom is -0.396 e. The van der Waals surface area contributed by atoms with Crippen LogP contribution < -0.4 is 5.32 Å². The number of carbonyl (C=O) groups excluding carboxylic acids is 1. The molecule has 5 heteroatoms. The number of hydrogen-bond donors (Lipinski definition) is 2. The van der Waals surface area contributed by atoms with Gasteiger partial charge in [0.15, 0.2) is 0 Å². The number of carbonyl (C=O) groups is 1. The number of halogens is 1. The van der Waals surface area contributed by atoms with Crippen molar-refractivity contribution >= 4 is 29.3 Å². The van der Waals surface area contributed by atoms with Crippen molar-refractivity contribution in [3.63, 3.8) is 0 Å². The summed E-state index contributed by atoms with van der Waals surface area (Å²) in [6, 6.07) is 7.48. The van der Waals surface area contributed by atoms with Gasteiger partial charge in [-0.3, -0.25) is 4.79 Å². The second-order valence-corrected chi connectivity index (χ2v) is 6.79. The molecule has 3 nitrogen and oxygen atoms in total. The van der Waals surface area contributed by atoms with Gasteiger partial charge in [0.1, 0.15) is 0 Å². The van der Waals surface area contributed by atoms with Gasteiger partial charge in [-0.2, -0.15) is 0 Å². The molecule has 0 aliphatic heterocycles. The van der Waals surface area contributed by atoms with E-state index in [1.165, 1.54) is 11.8 Å². The van der Waals surface area contributed by atoms with Gasteiger partial charge in [-0.1, -0.05) is 18.5 Å². The lowest BCUT2D eigenvalue weighted by molar-refractivity contribution is -0.120. The van der Waals surface area contributed by atoms with Crippen LogP contribution in [0, 0.1) is 5.92 Å². The first kappa shape index (κ1) is 17.3. The Morgan fingerprint density at radius 3 is 2.60 bits per heavy atom. The molecule has 0 saturated heterocycles. The molecule has 1 aromatic rings. The maximum absolute atomic E-state index is 11.9. The highest BCUT2D eigenvalue weighted by atomic mass is 35.5. The second kappa shape index (κ2) is 9.27. The van der Waals surface area contributed by atoms with Gasteiger partial charge in [0.05, 0.1) is 5.25 Å². The van der Waals surface area contributed by atoms with E-state index in [9.17, 15) is 4.79 Å². The Labute approximate surface area is 130 Å². The Morgan fingerprint density at radius 1 is 1.35 bits per heavy atom. The number of hydrogen-bond acceptors (Lipinski definition) is 3. The minimum absolute atomic E-state index is 0.0431. The molecule has 20 heavy (non-hydrogen) atoms. The number of thioether (sulfide) groups is 1. The summed E-state index contributed by atoms with van der Waals surface area (Å²) in [6.07, 6.45) is 1.82. The number of benzene rings is 1. The average Bonchev–Trinajstić information content (AvgIpc) is 2.45. The highest BCUT2D eigenvalue weighted by Crippen LogP contribution is 2.24. The van der Waals surface area contributed by atoms with Crippen molar-refractivity contribution in [3.8, 4) is 0 Å². The van der Waals surface area contributed by atoms with E-state index in [1.54, 1.807) is 0 Å². The van der Waals surface area contributed by atoms with Crippen molar-refractivity contribution < 1.29 is 9.90 Å². The van der Waals surface area contributed by atoms with Crippen LogP contribution in [0.1, 0.15) is 26.7 Å². The monoisotopic (exact) mass is 315 g/mol. The molecule has 1 amide bonds. The van der Waals surface area contributed by atoms with Crippen LogP contribution in [0.15, 0.2) is 29.2 Å². The summed E-state index contributed by atoms with van der Waals surface area (Å²) >= 11 is 7.34. The normalized spacial score (nSPS) is 13.8. The van der Waals surface area contributed by atoms with E-state index in [4.69, 9.17) is 16.7 Å². The van der Waals surface area contributed by atoms with Crippen molar-refractivity contribution in [1.82, 2.24) is 5.32 Å². The van der Waals surface area contributed by atoms with Crippen LogP contribution in [0.25, 0.3) is 0 Å². The fourth-order valence-corrected chi connectivity index (χ4v) is 2.69. The Hall–Kier alpha value is -0.710. The molecule has 1 aromatic carbocycles. The van der Waals surface area contributed by atoms with Gasteiger partial charge in [0, 0.05) is 23.1 Å². The molecule has 0 aliphatic rings. The van der Waals surface area contributed by atoms with E-state index in [1.807, 2.05) is 38.1 Å². The second-order valence-electron chi connectivity index (χ2n) is 4.94. The average molecular weight is 316 g/mol. The number of amides is 1. The van der Waals surface area contributed by atoms with Gasteiger partial charge < -0.3 is 10.4 Å². The number of rotatable bonds is 8. The van der Waals surface area contributed by atoms with Gasteiger partial charge in [-0.15, -0.1) is 11.8 Å². The van der Waals surface area contributed by atoms with E-state index in [-0.39, 0.29) is 17.8 Å². The predicted octanol–water partition coefficient (Wildman–Crippen LogP) is 3.35. The first-order valence-corrected chi connectivity index (χ1v) is 8.09. The smallest absolute Gasteiger partial charge is 0.233 e. The maximum Gasteiger partial charge on any atom is 0.233 e. The standard InChI is InChI=1S/C15H22ClNO2S/c1-11(10-18)4-3-9-17-15(19)12(2)20-14-7-5-13(16)6-8-14/h5-8,11-12,18H,3-4,9-10H2,1-2H3,(H,17,19). The molecular formula is C15H22ClNO2S. The fourth-order valence-electron chi connectivity index (χ4n) is 1.67. The summed E-state index contributed by atoms with van der Waals surface area (Å²) in [5, 5.41) is 12.4. The van der Waals surface area contributed by atoms with Crippen molar-refractivity contribution in [2.45, 2.75) is 36.8 Å². The highest BCUT2D eigenvalue weighted by molar-refractivity contribution is 8.00. The molecule has 112 valence electrons. The highest BCUT2D eigenvalue weighted by Gasteiger charge is 2.13. The Morgan fingerprint density at radius 2 is 2.00 bits per heavy atom.